The Morgan fingerprint density at radius 2 is 2.17 bits per heavy atom. The summed E-state index contributed by atoms with van der Waals surface area (Å²) in [6, 6.07) is 3.21. The van der Waals surface area contributed by atoms with Crippen LogP contribution in [0.1, 0.15) is 23.2 Å². The number of rotatable bonds is 4. The molecule has 0 unspecified atom stereocenters. The molecule has 1 saturated heterocycles. The Hall–Kier alpha value is -1.67. The second-order valence-electron chi connectivity index (χ2n) is 6.09. The minimum absolute atomic E-state index is 0.0765. The highest BCUT2D eigenvalue weighted by molar-refractivity contribution is 9.10. The van der Waals surface area contributed by atoms with Crippen LogP contribution in [0.15, 0.2) is 16.6 Å². The molecule has 8 heteroatoms. The summed E-state index contributed by atoms with van der Waals surface area (Å²) in [6.07, 6.45) is 2.08. The average Bonchev–Trinajstić information content (AvgIpc) is 3.12. The zero-order chi connectivity index (χ0) is 16.6. The van der Waals surface area contributed by atoms with Gasteiger partial charge in [0.1, 0.15) is 5.69 Å². The van der Waals surface area contributed by atoms with Crippen LogP contribution in [0.5, 0.6) is 0 Å². The van der Waals surface area contributed by atoms with E-state index in [1.165, 1.54) is 13.1 Å². The normalized spacial score (nSPS) is 25.9. The van der Waals surface area contributed by atoms with E-state index >= 15 is 0 Å². The lowest BCUT2D eigenvalue weighted by atomic mass is 9.97. The predicted molar refractivity (Wildman–Crippen MR) is 90.7 cm³/mol. The molecule has 23 heavy (non-hydrogen) atoms. The molecular formula is C15H19BrN4O3. The SMILES string of the molecule is CNC(=O)c1cc(Br)cc([N+](=O)[O-])c1N[C@@H]1CC[C@H]2CNC[C@H]21. The lowest BCUT2D eigenvalue weighted by Gasteiger charge is -2.22. The van der Waals surface area contributed by atoms with Gasteiger partial charge in [0.2, 0.25) is 0 Å². The van der Waals surface area contributed by atoms with Crippen LogP contribution in [0.4, 0.5) is 11.4 Å². The van der Waals surface area contributed by atoms with Gasteiger partial charge < -0.3 is 16.0 Å². The van der Waals surface area contributed by atoms with Crippen molar-refractivity contribution in [3.63, 3.8) is 0 Å². The highest BCUT2D eigenvalue weighted by atomic mass is 79.9. The van der Waals surface area contributed by atoms with Crippen molar-refractivity contribution in [2.24, 2.45) is 11.8 Å². The van der Waals surface area contributed by atoms with Gasteiger partial charge in [-0.25, -0.2) is 0 Å². The Bertz CT molecular complexity index is 652. The maximum atomic E-state index is 12.2. The molecule has 2 fully saturated rings. The first-order valence-corrected chi connectivity index (χ1v) is 8.48. The van der Waals surface area contributed by atoms with E-state index in [4.69, 9.17) is 0 Å². The zero-order valence-corrected chi connectivity index (χ0v) is 14.4. The van der Waals surface area contributed by atoms with Gasteiger partial charge in [-0.05, 0) is 37.3 Å². The van der Waals surface area contributed by atoms with Crippen LogP contribution in [0.3, 0.4) is 0 Å². The van der Waals surface area contributed by atoms with Gasteiger partial charge in [-0.1, -0.05) is 15.9 Å². The van der Waals surface area contributed by atoms with Gasteiger partial charge in [0, 0.05) is 30.2 Å². The number of amides is 1. The van der Waals surface area contributed by atoms with E-state index in [0.717, 1.165) is 25.9 Å². The van der Waals surface area contributed by atoms with Crippen LogP contribution < -0.4 is 16.0 Å². The maximum Gasteiger partial charge on any atom is 0.294 e. The van der Waals surface area contributed by atoms with Crippen molar-refractivity contribution in [3.05, 3.63) is 32.3 Å². The largest absolute Gasteiger partial charge is 0.376 e. The van der Waals surface area contributed by atoms with E-state index in [9.17, 15) is 14.9 Å². The van der Waals surface area contributed by atoms with Crippen molar-refractivity contribution < 1.29 is 9.72 Å². The first-order valence-electron chi connectivity index (χ1n) is 7.68. The Morgan fingerprint density at radius 3 is 2.87 bits per heavy atom. The number of nitro groups is 1. The summed E-state index contributed by atoms with van der Waals surface area (Å²) in [4.78, 5) is 23.1. The minimum atomic E-state index is -0.446. The number of nitro benzene ring substituents is 1. The molecule has 7 nitrogen and oxygen atoms in total. The summed E-state index contributed by atoms with van der Waals surface area (Å²) in [7, 11) is 1.52. The number of hydrogen-bond acceptors (Lipinski definition) is 5. The smallest absolute Gasteiger partial charge is 0.294 e. The van der Waals surface area contributed by atoms with Crippen LogP contribution in [-0.4, -0.2) is 37.0 Å². The van der Waals surface area contributed by atoms with Gasteiger partial charge in [0.05, 0.1) is 10.5 Å². The highest BCUT2D eigenvalue weighted by Crippen LogP contribution is 2.39. The van der Waals surface area contributed by atoms with Crippen LogP contribution in [-0.2, 0) is 0 Å². The quantitative estimate of drug-likeness (QED) is 0.547. The summed E-state index contributed by atoms with van der Waals surface area (Å²) in [5.74, 6) is 0.734. The molecule has 0 bridgehead atoms. The van der Waals surface area contributed by atoms with Crippen LogP contribution in [0.2, 0.25) is 0 Å². The number of hydrogen-bond donors (Lipinski definition) is 3. The standard InChI is InChI=1S/C15H19BrN4O3/c1-17-15(21)10-4-9(16)5-13(20(22)23)14(10)19-12-3-2-8-6-18-7-11(8)12/h4-5,8,11-12,18-19H,2-3,6-7H2,1H3,(H,17,21)/t8-,11+,12+/m0/s1. The average molecular weight is 383 g/mol. The van der Waals surface area contributed by atoms with Gasteiger partial charge in [-0.3, -0.25) is 14.9 Å². The van der Waals surface area contributed by atoms with E-state index in [0.29, 0.717) is 27.6 Å². The Kier molecular flexibility index (Phi) is 4.54. The predicted octanol–water partition coefficient (Wildman–Crippen LogP) is 2.13. The molecule has 1 aromatic carbocycles. The molecule has 3 N–H and O–H groups in total. The number of benzene rings is 1. The first-order chi connectivity index (χ1) is 11.0. The second-order valence-corrected chi connectivity index (χ2v) is 7.01. The molecular weight excluding hydrogens is 364 g/mol. The topological polar surface area (TPSA) is 96.3 Å². The number of carbonyl (C=O) groups excluding carboxylic acids is 1. The first kappa shape index (κ1) is 16.2. The van der Waals surface area contributed by atoms with Gasteiger partial charge >= 0.3 is 0 Å². The van der Waals surface area contributed by atoms with Gasteiger partial charge in [-0.2, -0.15) is 0 Å². The van der Waals surface area contributed by atoms with Crippen molar-refractivity contribution in [3.8, 4) is 0 Å². The van der Waals surface area contributed by atoms with Gasteiger partial charge in [0.15, 0.2) is 0 Å². The van der Waals surface area contributed by atoms with Crippen molar-refractivity contribution in [2.75, 3.05) is 25.5 Å². The third-order valence-corrected chi connectivity index (χ3v) is 5.30. The second kappa shape index (κ2) is 6.45. The molecule has 1 aliphatic heterocycles. The summed E-state index contributed by atoms with van der Waals surface area (Å²) in [5.41, 5.74) is 0.533. The fraction of sp³-hybridized carbons (Fsp3) is 0.533. The fourth-order valence-electron chi connectivity index (χ4n) is 3.71. The molecule has 0 spiro atoms. The van der Waals surface area contributed by atoms with E-state index in [1.807, 2.05) is 0 Å². The minimum Gasteiger partial charge on any atom is -0.376 e. The van der Waals surface area contributed by atoms with E-state index in [-0.39, 0.29) is 17.6 Å². The number of nitrogens with zero attached hydrogens (tertiary/aromatic N) is 1. The third-order valence-electron chi connectivity index (χ3n) is 4.84. The maximum absolute atomic E-state index is 12.2. The molecule has 1 heterocycles. The molecule has 3 atom stereocenters. The number of halogens is 1. The van der Waals surface area contributed by atoms with Crippen LogP contribution in [0.25, 0.3) is 0 Å². The third kappa shape index (κ3) is 3.05. The van der Waals surface area contributed by atoms with Crippen LogP contribution >= 0.6 is 15.9 Å². The van der Waals surface area contributed by atoms with Crippen molar-refractivity contribution in [1.82, 2.24) is 10.6 Å². The summed E-state index contributed by atoms with van der Waals surface area (Å²) < 4.78 is 0.514. The molecule has 0 aromatic heterocycles. The van der Waals surface area contributed by atoms with Gasteiger partial charge in [-0.15, -0.1) is 0 Å². The summed E-state index contributed by atoms with van der Waals surface area (Å²) in [6.45, 7) is 1.93. The number of anilines is 1. The Morgan fingerprint density at radius 1 is 1.39 bits per heavy atom. The van der Waals surface area contributed by atoms with Crippen molar-refractivity contribution >= 4 is 33.2 Å². The highest BCUT2D eigenvalue weighted by Gasteiger charge is 2.40. The molecule has 1 amide bonds. The summed E-state index contributed by atoms with van der Waals surface area (Å²) >= 11 is 3.25. The van der Waals surface area contributed by atoms with Crippen molar-refractivity contribution in [1.29, 1.82) is 0 Å². The molecule has 3 rings (SSSR count). The lowest BCUT2D eigenvalue weighted by Crippen LogP contribution is -2.30. The Balaban J connectivity index is 1.98. The lowest BCUT2D eigenvalue weighted by molar-refractivity contribution is -0.384. The van der Waals surface area contributed by atoms with E-state index in [1.54, 1.807) is 6.07 Å². The Labute approximate surface area is 142 Å². The number of nitrogens with one attached hydrogen (secondary N) is 3. The van der Waals surface area contributed by atoms with Crippen LogP contribution in [0, 0.1) is 22.0 Å². The monoisotopic (exact) mass is 382 g/mol. The molecule has 2 aliphatic rings. The van der Waals surface area contributed by atoms with Crippen molar-refractivity contribution in [2.45, 2.75) is 18.9 Å². The molecule has 0 radical (unpaired) electrons. The molecule has 124 valence electrons. The van der Waals surface area contributed by atoms with E-state index in [2.05, 4.69) is 31.9 Å². The molecule has 1 saturated carbocycles. The molecule has 1 aromatic rings. The number of fused-ring (bicyclic) bond motifs is 1. The molecule has 1 aliphatic carbocycles. The number of carbonyl (C=O) groups is 1. The zero-order valence-electron chi connectivity index (χ0n) is 12.8. The fourth-order valence-corrected chi connectivity index (χ4v) is 4.16. The van der Waals surface area contributed by atoms with Gasteiger partial charge in [0.25, 0.3) is 11.6 Å². The van der Waals surface area contributed by atoms with E-state index < -0.39 is 4.92 Å². The summed E-state index contributed by atoms with van der Waals surface area (Å²) in [5, 5.41) is 20.7.